The van der Waals surface area contributed by atoms with Gasteiger partial charge in [-0.05, 0) is 32.2 Å². The second-order valence-corrected chi connectivity index (χ2v) is 5.50. The van der Waals surface area contributed by atoms with Crippen LogP contribution < -0.4 is 5.32 Å². The Morgan fingerprint density at radius 3 is 2.69 bits per heavy atom. The van der Waals surface area contributed by atoms with Crippen molar-refractivity contribution in [2.24, 2.45) is 11.3 Å². The molecule has 2 nitrogen and oxygen atoms in total. The summed E-state index contributed by atoms with van der Waals surface area (Å²) in [5, 5.41) is 3.53. The van der Waals surface area contributed by atoms with Gasteiger partial charge in [0.1, 0.15) is 0 Å². The maximum Gasteiger partial charge on any atom is 0.0616 e. The van der Waals surface area contributed by atoms with Gasteiger partial charge in [-0.15, -0.1) is 0 Å². The van der Waals surface area contributed by atoms with Crippen molar-refractivity contribution in [1.29, 1.82) is 0 Å². The largest absolute Gasteiger partial charge is 0.378 e. The quantitative estimate of drug-likeness (QED) is 0.721. The van der Waals surface area contributed by atoms with Gasteiger partial charge >= 0.3 is 0 Å². The van der Waals surface area contributed by atoms with Gasteiger partial charge in [-0.3, -0.25) is 0 Å². The van der Waals surface area contributed by atoms with Gasteiger partial charge in [0, 0.05) is 18.6 Å². The van der Waals surface area contributed by atoms with Crippen molar-refractivity contribution in [3.05, 3.63) is 0 Å². The summed E-state index contributed by atoms with van der Waals surface area (Å²) < 4.78 is 5.80. The molecular weight excluding hydrogens is 198 g/mol. The van der Waals surface area contributed by atoms with E-state index in [-0.39, 0.29) is 0 Å². The molecule has 1 aliphatic rings. The third kappa shape index (κ3) is 3.46. The molecule has 1 fully saturated rings. The van der Waals surface area contributed by atoms with Gasteiger partial charge in [0.25, 0.3) is 0 Å². The summed E-state index contributed by atoms with van der Waals surface area (Å²) >= 11 is 0. The molecule has 1 rings (SSSR count). The third-order valence-electron chi connectivity index (χ3n) is 4.09. The van der Waals surface area contributed by atoms with Crippen molar-refractivity contribution in [3.63, 3.8) is 0 Å². The summed E-state index contributed by atoms with van der Waals surface area (Å²) in [7, 11) is 0. The zero-order valence-electron chi connectivity index (χ0n) is 11.5. The molecule has 96 valence electrons. The highest BCUT2D eigenvalue weighted by atomic mass is 16.5. The fourth-order valence-corrected chi connectivity index (χ4v) is 3.05. The number of rotatable bonds is 7. The van der Waals surface area contributed by atoms with Gasteiger partial charge in [-0.2, -0.15) is 0 Å². The van der Waals surface area contributed by atoms with Crippen molar-refractivity contribution in [1.82, 2.24) is 5.32 Å². The van der Waals surface area contributed by atoms with Crippen LogP contribution in [0.1, 0.15) is 53.4 Å². The van der Waals surface area contributed by atoms with Crippen LogP contribution in [0.5, 0.6) is 0 Å². The van der Waals surface area contributed by atoms with Gasteiger partial charge in [-0.1, -0.05) is 33.6 Å². The zero-order chi connectivity index (χ0) is 12.0. The second-order valence-electron chi connectivity index (χ2n) is 5.50. The molecule has 0 radical (unpaired) electrons. The van der Waals surface area contributed by atoms with E-state index in [1.165, 1.54) is 25.7 Å². The molecule has 1 N–H and O–H groups in total. The van der Waals surface area contributed by atoms with Crippen LogP contribution in [0.4, 0.5) is 0 Å². The molecule has 3 unspecified atom stereocenters. The molecule has 0 saturated carbocycles. The van der Waals surface area contributed by atoms with Crippen molar-refractivity contribution < 1.29 is 4.74 Å². The van der Waals surface area contributed by atoms with Crippen LogP contribution in [-0.4, -0.2) is 25.8 Å². The summed E-state index contributed by atoms with van der Waals surface area (Å²) in [6.45, 7) is 12.2. The molecule has 0 spiro atoms. The maximum atomic E-state index is 5.80. The summed E-state index contributed by atoms with van der Waals surface area (Å²) in [6.07, 6.45) is 5.62. The molecule has 0 aliphatic carbocycles. The minimum Gasteiger partial charge on any atom is -0.378 e. The second kappa shape index (κ2) is 6.61. The van der Waals surface area contributed by atoms with E-state index >= 15 is 0 Å². The molecule has 0 bridgehead atoms. The lowest BCUT2D eigenvalue weighted by Gasteiger charge is -2.35. The smallest absolute Gasteiger partial charge is 0.0616 e. The van der Waals surface area contributed by atoms with Gasteiger partial charge in [0.15, 0.2) is 0 Å². The van der Waals surface area contributed by atoms with Crippen molar-refractivity contribution in [2.75, 3.05) is 19.7 Å². The predicted molar refractivity (Wildman–Crippen MR) is 69.7 cm³/mol. The summed E-state index contributed by atoms with van der Waals surface area (Å²) in [6, 6.07) is 0. The van der Waals surface area contributed by atoms with Gasteiger partial charge in [0.05, 0.1) is 6.10 Å². The SMILES string of the molecule is CCCC(C)CC1(CNCC)CCOC1C. The number of hydrogen-bond acceptors (Lipinski definition) is 2. The van der Waals surface area contributed by atoms with Crippen molar-refractivity contribution in [2.45, 2.75) is 59.5 Å². The lowest BCUT2D eigenvalue weighted by Crippen LogP contribution is -2.40. The molecule has 16 heavy (non-hydrogen) atoms. The van der Waals surface area contributed by atoms with Crippen LogP contribution in [0.2, 0.25) is 0 Å². The Bertz CT molecular complexity index is 195. The molecule has 1 saturated heterocycles. The highest BCUT2D eigenvalue weighted by molar-refractivity contribution is 4.92. The molecule has 0 aromatic heterocycles. The van der Waals surface area contributed by atoms with E-state index in [0.717, 1.165) is 25.6 Å². The van der Waals surface area contributed by atoms with Gasteiger partial charge in [-0.25, -0.2) is 0 Å². The minimum atomic E-state index is 0.393. The van der Waals surface area contributed by atoms with Crippen molar-refractivity contribution >= 4 is 0 Å². The molecule has 3 atom stereocenters. The Balaban J connectivity index is 2.56. The van der Waals surface area contributed by atoms with Crippen LogP contribution in [0.25, 0.3) is 0 Å². The normalized spacial score (nSPS) is 31.9. The molecule has 0 aromatic rings. The fraction of sp³-hybridized carbons (Fsp3) is 1.00. The lowest BCUT2D eigenvalue weighted by atomic mass is 9.74. The van der Waals surface area contributed by atoms with E-state index < -0.39 is 0 Å². The monoisotopic (exact) mass is 227 g/mol. The van der Waals surface area contributed by atoms with Gasteiger partial charge < -0.3 is 10.1 Å². The van der Waals surface area contributed by atoms with Crippen LogP contribution in [0.15, 0.2) is 0 Å². The highest BCUT2D eigenvalue weighted by Crippen LogP contribution is 2.40. The Labute approximate surface area is 101 Å². The Kier molecular flexibility index (Phi) is 5.77. The van der Waals surface area contributed by atoms with Crippen LogP contribution in [0, 0.1) is 11.3 Å². The zero-order valence-corrected chi connectivity index (χ0v) is 11.5. The molecule has 1 heterocycles. The van der Waals surface area contributed by atoms with E-state index in [0.29, 0.717) is 11.5 Å². The average molecular weight is 227 g/mol. The Morgan fingerprint density at radius 2 is 2.19 bits per heavy atom. The van der Waals surface area contributed by atoms with E-state index in [1.54, 1.807) is 0 Å². The summed E-state index contributed by atoms with van der Waals surface area (Å²) in [5.74, 6) is 0.827. The molecule has 1 aliphatic heterocycles. The first kappa shape index (κ1) is 14.0. The van der Waals surface area contributed by atoms with E-state index in [2.05, 4.69) is 33.0 Å². The summed E-state index contributed by atoms with van der Waals surface area (Å²) in [4.78, 5) is 0. The van der Waals surface area contributed by atoms with E-state index in [1.807, 2.05) is 0 Å². The summed E-state index contributed by atoms with van der Waals surface area (Å²) in [5.41, 5.74) is 0.393. The first-order chi connectivity index (χ1) is 7.64. The van der Waals surface area contributed by atoms with Crippen molar-refractivity contribution in [3.8, 4) is 0 Å². The first-order valence-corrected chi connectivity index (χ1v) is 6.97. The molecule has 2 heteroatoms. The van der Waals surface area contributed by atoms with E-state index in [4.69, 9.17) is 4.74 Å². The maximum absolute atomic E-state index is 5.80. The topological polar surface area (TPSA) is 21.3 Å². The van der Waals surface area contributed by atoms with Crippen LogP contribution >= 0.6 is 0 Å². The Morgan fingerprint density at radius 1 is 1.44 bits per heavy atom. The molecular formula is C14H29NO. The van der Waals surface area contributed by atoms with Gasteiger partial charge in [0.2, 0.25) is 0 Å². The Hall–Kier alpha value is -0.0800. The highest BCUT2D eigenvalue weighted by Gasteiger charge is 2.41. The van der Waals surface area contributed by atoms with Crippen LogP contribution in [-0.2, 0) is 4.74 Å². The fourth-order valence-electron chi connectivity index (χ4n) is 3.05. The third-order valence-corrected chi connectivity index (χ3v) is 4.09. The number of hydrogen-bond donors (Lipinski definition) is 1. The molecule has 0 aromatic carbocycles. The minimum absolute atomic E-state index is 0.393. The van der Waals surface area contributed by atoms with Crippen LogP contribution in [0.3, 0.4) is 0 Å². The average Bonchev–Trinajstić information content (AvgIpc) is 2.58. The predicted octanol–water partition coefficient (Wildman–Crippen LogP) is 3.22. The standard InChI is InChI=1S/C14H29NO/c1-5-7-12(3)10-14(11-15-6-2)8-9-16-13(14)4/h12-13,15H,5-11H2,1-4H3. The molecule has 0 amide bonds. The number of ether oxygens (including phenoxy) is 1. The number of nitrogens with one attached hydrogen (secondary N) is 1. The van der Waals surface area contributed by atoms with E-state index in [9.17, 15) is 0 Å². The lowest BCUT2D eigenvalue weighted by molar-refractivity contribution is 0.0499. The first-order valence-electron chi connectivity index (χ1n) is 6.97.